The van der Waals surface area contributed by atoms with Gasteiger partial charge in [-0.3, -0.25) is 0 Å². The van der Waals surface area contributed by atoms with Crippen molar-refractivity contribution >= 4 is 11.7 Å². The zero-order valence-electron chi connectivity index (χ0n) is 11.1. The molecule has 0 spiro atoms. The lowest BCUT2D eigenvalue weighted by atomic mass is 10.1. The van der Waals surface area contributed by atoms with E-state index in [1.807, 2.05) is 31.2 Å². The molecule has 0 fully saturated rings. The van der Waals surface area contributed by atoms with Crippen molar-refractivity contribution in [3.8, 4) is 0 Å². The monoisotopic (exact) mass is 250 g/mol. The Morgan fingerprint density at radius 1 is 1.39 bits per heavy atom. The van der Waals surface area contributed by atoms with E-state index in [2.05, 4.69) is 17.6 Å². The Labute approximate surface area is 108 Å². The first-order valence-corrected chi connectivity index (χ1v) is 6.46. The number of anilines is 1. The summed E-state index contributed by atoms with van der Waals surface area (Å²) in [6.45, 7) is 4.15. The molecule has 1 aromatic rings. The molecule has 0 aliphatic carbocycles. The number of amides is 2. The fraction of sp³-hybridized carbons (Fsp3) is 0.500. The third-order valence-electron chi connectivity index (χ3n) is 2.90. The van der Waals surface area contributed by atoms with Gasteiger partial charge in [-0.05, 0) is 37.0 Å². The van der Waals surface area contributed by atoms with Gasteiger partial charge in [0.05, 0.1) is 0 Å². The normalized spacial score (nSPS) is 11.9. The maximum atomic E-state index is 11.8. The number of benzene rings is 1. The van der Waals surface area contributed by atoms with Gasteiger partial charge in [-0.25, -0.2) is 4.79 Å². The van der Waals surface area contributed by atoms with E-state index < -0.39 is 0 Å². The van der Waals surface area contributed by atoms with Crippen LogP contribution in [0, 0.1) is 0 Å². The van der Waals surface area contributed by atoms with Crippen molar-refractivity contribution in [2.45, 2.75) is 39.2 Å². The first-order valence-electron chi connectivity index (χ1n) is 6.46. The van der Waals surface area contributed by atoms with Crippen molar-refractivity contribution in [1.82, 2.24) is 5.32 Å². The first-order chi connectivity index (χ1) is 8.69. The van der Waals surface area contributed by atoms with Crippen LogP contribution in [0.15, 0.2) is 24.3 Å². The van der Waals surface area contributed by atoms with Crippen LogP contribution in [0.2, 0.25) is 0 Å². The van der Waals surface area contributed by atoms with Crippen molar-refractivity contribution in [2.24, 2.45) is 0 Å². The Morgan fingerprint density at radius 3 is 2.78 bits per heavy atom. The second kappa shape index (κ2) is 7.71. The summed E-state index contributed by atoms with van der Waals surface area (Å²) >= 11 is 0. The Bertz CT molecular complexity index is 380. The van der Waals surface area contributed by atoms with Gasteiger partial charge in [-0.1, -0.05) is 26.0 Å². The van der Waals surface area contributed by atoms with Gasteiger partial charge < -0.3 is 15.7 Å². The summed E-state index contributed by atoms with van der Waals surface area (Å²) in [5, 5.41) is 14.5. The highest BCUT2D eigenvalue weighted by atomic mass is 16.3. The average Bonchev–Trinajstić information content (AvgIpc) is 2.38. The largest absolute Gasteiger partial charge is 0.396 e. The Balaban J connectivity index is 2.52. The van der Waals surface area contributed by atoms with E-state index in [1.165, 1.54) is 5.56 Å². The molecule has 0 aromatic heterocycles. The topological polar surface area (TPSA) is 61.4 Å². The molecule has 0 saturated heterocycles. The zero-order valence-corrected chi connectivity index (χ0v) is 11.1. The number of hydrogen-bond donors (Lipinski definition) is 3. The summed E-state index contributed by atoms with van der Waals surface area (Å²) in [4.78, 5) is 11.8. The minimum absolute atomic E-state index is 0.0179. The molecule has 2 amide bonds. The van der Waals surface area contributed by atoms with Crippen LogP contribution in [0.3, 0.4) is 0 Å². The molecule has 0 aliphatic rings. The number of hydrogen-bond acceptors (Lipinski definition) is 2. The zero-order chi connectivity index (χ0) is 13.4. The summed E-state index contributed by atoms with van der Waals surface area (Å²) in [5.74, 6) is 0. The van der Waals surface area contributed by atoms with E-state index in [4.69, 9.17) is 5.11 Å². The fourth-order valence-electron chi connectivity index (χ4n) is 1.76. The second-order valence-electron chi connectivity index (χ2n) is 4.27. The third-order valence-corrected chi connectivity index (χ3v) is 2.90. The van der Waals surface area contributed by atoms with Crippen molar-refractivity contribution < 1.29 is 9.90 Å². The SMILES string of the molecule is CCc1cccc(NC(=O)NC(CC)CCO)c1. The third kappa shape index (κ3) is 4.75. The van der Waals surface area contributed by atoms with Crippen molar-refractivity contribution in [2.75, 3.05) is 11.9 Å². The van der Waals surface area contributed by atoms with Crippen LogP contribution in [-0.2, 0) is 6.42 Å². The molecule has 0 aliphatic heterocycles. The highest BCUT2D eigenvalue weighted by molar-refractivity contribution is 5.89. The quantitative estimate of drug-likeness (QED) is 0.726. The Kier molecular flexibility index (Phi) is 6.22. The number of rotatable bonds is 6. The molecule has 100 valence electrons. The standard InChI is InChI=1S/C14H22N2O2/c1-3-11-6-5-7-13(10-11)16-14(18)15-12(4-2)8-9-17/h5-7,10,12,17H,3-4,8-9H2,1-2H3,(H2,15,16,18). The molecule has 0 bridgehead atoms. The lowest BCUT2D eigenvalue weighted by Crippen LogP contribution is -2.38. The molecule has 1 atom stereocenters. The molecular formula is C14H22N2O2. The molecule has 1 unspecified atom stereocenters. The number of aliphatic hydroxyl groups excluding tert-OH is 1. The molecule has 0 heterocycles. The van der Waals surface area contributed by atoms with E-state index in [0.717, 1.165) is 18.5 Å². The molecule has 1 aromatic carbocycles. The summed E-state index contributed by atoms with van der Waals surface area (Å²) in [7, 11) is 0. The van der Waals surface area contributed by atoms with Crippen molar-refractivity contribution in [3.63, 3.8) is 0 Å². The summed E-state index contributed by atoms with van der Waals surface area (Å²) in [6.07, 6.45) is 2.33. The number of aryl methyl sites for hydroxylation is 1. The summed E-state index contributed by atoms with van der Waals surface area (Å²) in [5.41, 5.74) is 1.99. The van der Waals surface area contributed by atoms with Crippen LogP contribution in [0.5, 0.6) is 0 Å². The van der Waals surface area contributed by atoms with Crippen molar-refractivity contribution in [1.29, 1.82) is 0 Å². The van der Waals surface area contributed by atoms with Gasteiger partial charge in [0, 0.05) is 18.3 Å². The molecule has 0 saturated carbocycles. The van der Waals surface area contributed by atoms with Gasteiger partial charge >= 0.3 is 6.03 Å². The van der Waals surface area contributed by atoms with Crippen molar-refractivity contribution in [3.05, 3.63) is 29.8 Å². The lowest BCUT2D eigenvalue weighted by Gasteiger charge is -2.16. The predicted molar refractivity (Wildman–Crippen MR) is 73.8 cm³/mol. The van der Waals surface area contributed by atoms with E-state index in [1.54, 1.807) is 0 Å². The summed E-state index contributed by atoms with van der Waals surface area (Å²) in [6, 6.07) is 7.59. The highest BCUT2D eigenvalue weighted by Crippen LogP contribution is 2.11. The molecule has 3 N–H and O–H groups in total. The van der Waals surface area contributed by atoms with E-state index in [-0.39, 0.29) is 18.7 Å². The molecule has 4 heteroatoms. The predicted octanol–water partition coefficient (Wildman–Crippen LogP) is 2.53. The molecule has 0 radical (unpaired) electrons. The smallest absolute Gasteiger partial charge is 0.319 e. The van der Waals surface area contributed by atoms with Gasteiger partial charge in [0.2, 0.25) is 0 Å². The molecule has 18 heavy (non-hydrogen) atoms. The second-order valence-corrected chi connectivity index (χ2v) is 4.27. The van der Waals surface area contributed by atoms with Gasteiger partial charge in [0.25, 0.3) is 0 Å². The van der Waals surface area contributed by atoms with Crippen LogP contribution >= 0.6 is 0 Å². The van der Waals surface area contributed by atoms with Crippen LogP contribution in [0.4, 0.5) is 10.5 Å². The first kappa shape index (κ1) is 14.5. The van der Waals surface area contributed by atoms with Gasteiger partial charge in [-0.2, -0.15) is 0 Å². The minimum atomic E-state index is -0.219. The molecular weight excluding hydrogens is 228 g/mol. The van der Waals surface area contributed by atoms with Crippen LogP contribution < -0.4 is 10.6 Å². The van der Waals surface area contributed by atoms with E-state index in [0.29, 0.717) is 6.42 Å². The number of aliphatic hydroxyl groups is 1. The fourth-order valence-corrected chi connectivity index (χ4v) is 1.76. The maximum Gasteiger partial charge on any atom is 0.319 e. The average molecular weight is 250 g/mol. The lowest BCUT2D eigenvalue weighted by molar-refractivity contribution is 0.237. The highest BCUT2D eigenvalue weighted by Gasteiger charge is 2.09. The number of urea groups is 1. The number of nitrogens with one attached hydrogen (secondary N) is 2. The van der Waals surface area contributed by atoms with Gasteiger partial charge in [-0.15, -0.1) is 0 Å². The van der Waals surface area contributed by atoms with E-state index in [9.17, 15) is 4.79 Å². The molecule has 1 rings (SSSR count). The minimum Gasteiger partial charge on any atom is -0.396 e. The van der Waals surface area contributed by atoms with E-state index >= 15 is 0 Å². The van der Waals surface area contributed by atoms with Crippen LogP contribution in [0.25, 0.3) is 0 Å². The van der Waals surface area contributed by atoms with Gasteiger partial charge in [0.1, 0.15) is 0 Å². The van der Waals surface area contributed by atoms with Crippen LogP contribution in [0.1, 0.15) is 32.3 Å². The number of carbonyl (C=O) groups is 1. The Hall–Kier alpha value is -1.55. The van der Waals surface area contributed by atoms with Gasteiger partial charge in [0.15, 0.2) is 0 Å². The van der Waals surface area contributed by atoms with Crippen LogP contribution in [-0.4, -0.2) is 23.8 Å². The summed E-state index contributed by atoms with van der Waals surface area (Å²) < 4.78 is 0. The molecule has 4 nitrogen and oxygen atoms in total. The number of carbonyl (C=O) groups excluding carboxylic acids is 1. The Morgan fingerprint density at radius 2 is 2.17 bits per heavy atom. The maximum absolute atomic E-state index is 11.8.